The van der Waals surface area contributed by atoms with Crippen LogP contribution >= 0.6 is 0 Å². The van der Waals surface area contributed by atoms with Gasteiger partial charge in [-0.05, 0) is 44.6 Å². The maximum Gasteiger partial charge on any atom is 0.239 e. The van der Waals surface area contributed by atoms with Crippen LogP contribution in [-0.4, -0.2) is 33.4 Å². The van der Waals surface area contributed by atoms with Crippen molar-refractivity contribution in [3.05, 3.63) is 53.1 Å². The van der Waals surface area contributed by atoms with Crippen molar-refractivity contribution in [1.82, 2.24) is 14.5 Å². The molecule has 25 heavy (non-hydrogen) atoms. The first-order valence-electron chi connectivity index (χ1n) is 9.30. The molecule has 2 N–H and O–H groups in total. The molecule has 1 fully saturated rings. The third kappa shape index (κ3) is 2.97. The van der Waals surface area contributed by atoms with Gasteiger partial charge in [0.1, 0.15) is 11.9 Å². The molecule has 1 aliphatic heterocycles. The van der Waals surface area contributed by atoms with Gasteiger partial charge in [-0.1, -0.05) is 30.3 Å². The van der Waals surface area contributed by atoms with Crippen LogP contribution in [0.3, 0.4) is 0 Å². The maximum atomic E-state index is 12.1. The van der Waals surface area contributed by atoms with Gasteiger partial charge in [0.2, 0.25) is 5.91 Å². The Hall–Kier alpha value is -2.14. The Bertz CT molecular complexity index is 768. The number of rotatable bonds is 4. The molecule has 4 rings (SSSR count). The Labute approximate surface area is 148 Å². The van der Waals surface area contributed by atoms with Gasteiger partial charge in [-0.25, -0.2) is 4.98 Å². The van der Waals surface area contributed by atoms with Gasteiger partial charge in [0.05, 0.1) is 5.69 Å². The number of carbonyl (C=O) groups is 1. The molecule has 2 atom stereocenters. The molecule has 1 amide bonds. The number of likely N-dealkylation sites (tertiary alicyclic amines) is 1. The first kappa shape index (κ1) is 16.3. The molecule has 1 aliphatic carbocycles. The predicted molar refractivity (Wildman–Crippen MR) is 97.2 cm³/mol. The fourth-order valence-electron chi connectivity index (χ4n) is 4.59. The van der Waals surface area contributed by atoms with Crippen LogP contribution in [0.1, 0.15) is 54.1 Å². The summed E-state index contributed by atoms with van der Waals surface area (Å²) >= 11 is 0. The molecule has 0 radical (unpaired) electrons. The van der Waals surface area contributed by atoms with Crippen molar-refractivity contribution in [3.63, 3.8) is 0 Å². The molecular weight excluding hydrogens is 312 g/mol. The summed E-state index contributed by atoms with van der Waals surface area (Å²) in [5.41, 5.74) is 9.45. The van der Waals surface area contributed by atoms with E-state index in [0.29, 0.717) is 6.04 Å². The molecule has 5 heteroatoms. The average molecular weight is 338 g/mol. The number of fused-ring (bicyclic) bond motifs is 1. The first-order chi connectivity index (χ1) is 12.1. The zero-order valence-electron chi connectivity index (χ0n) is 14.8. The molecule has 2 heterocycles. The standard InChI is InChI=1S/C20H26N4O/c1-14-22-17-9-5-6-10-18(17)24(14)16-11-12-23(13-16)19(20(21)25)15-7-3-2-4-8-15/h2-4,7-8,16,19H,5-6,9-13H2,1H3,(H2,21,25)/t16-,19+/m0/s1. The van der Waals surface area contributed by atoms with Crippen LogP contribution < -0.4 is 5.73 Å². The van der Waals surface area contributed by atoms with Crippen molar-refractivity contribution in [2.24, 2.45) is 5.73 Å². The Balaban J connectivity index is 1.59. The van der Waals surface area contributed by atoms with Gasteiger partial charge < -0.3 is 10.3 Å². The highest BCUT2D eigenvalue weighted by Gasteiger charge is 2.35. The highest BCUT2D eigenvalue weighted by atomic mass is 16.1. The highest BCUT2D eigenvalue weighted by Crippen LogP contribution is 2.34. The minimum atomic E-state index is -0.342. The normalized spacial score (nSPS) is 21.9. The lowest BCUT2D eigenvalue weighted by atomic mass is 10.0. The summed E-state index contributed by atoms with van der Waals surface area (Å²) in [6, 6.07) is 9.94. The predicted octanol–water partition coefficient (Wildman–Crippen LogP) is 2.54. The number of nitrogens with zero attached hydrogens (tertiary/aromatic N) is 3. The number of imidazole rings is 1. The lowest BCUT2D eigenvalue weighted by Crippen LogP contribution is -2.36. The average Bonchev–Trinajstić information content (AvgIpc) is 3.19. The summed E-state index contributed by atoms with van der Waals surface area (Å²) in [5, 5.41) is 0. The van der Waals surface area contributed by atoms with E-state index in [4.69, 9.17) is 10.7 Å². The van der Waals surface area contributed by atoms with Crippen molar-refractivity contribution < 1.29 is 4.79 Å². The summed E-state index contributed by atoms with van der Waals surface area (Å²) in [6.45, 7) is 3.86. The molecule has 5 nitrogen and oxygen atoms in total. The number of primary amides is 1. The number of nitrogens with two attached hydrogens (primary N) is 1. The van der Waals surface area contributed by atoms with E-state index in [1.165, 1.54) is 24.2 Å². The smallest absolute Gasteiger partial charge is 0.239 e. The second-order valence-electron chi connectivity index (χ2n) is 7.28. The number of hydrogen-bond acceptors (Lipinski definition) is 3. The molecule has 132 valence electrons. The maximum absolute atomic E-state index is 12.1. The van der Waals surface area contributed by atoms with Gasteiger partial charge in [-0.15, -0.1) is 0 Å². The third-order valence-corrected chi connectivity index (χ3v) is 5.66. The van der Waals surface area contributed by atoms with Crippen molar-refractivity contribution in [1.29, 1.82) is 0 Å². The largest absolute Gasteiger partial charge is 0.368 e. The Kier molecular flexibility index (Phi) is 4.34. The van der Waals surface area contributed by atoms with Gasteiger partial charge in [-0.3, -0.25) is 9.69 Å². The number of carbonyl (C=O) groups excluding carboxylic acids is 1. The van der Waals surface area contributed by atoms with Gasteiger partial charge >= 0.3 is 0 Å². The van der Waals surface area contributed by atoms with Crippen molar-refractivity contribution in [3.8, 4) is 0 Å². The molecule has 1 saturated heterocycles. The number of aromatic nitrogens is 2. The fraction of sp³-hybridized carbons (Fsp3) is 0.500. The van der Waals surface area contributed by atoms with Gasteiger partial charge in [0.25, 0.3) is 0 Å². The van der Waals surface area contributed by atoms with E-state index in [9.17, 15) is 4.79 Å². The Morgan fingerprint density at radius 2 is 2.00 bits per heavy atom. The molecule has 0 spiro atoms. The summed E-state index contributed by atoms with van der Waals surface area (Å²) in [7, 11) is 0. The number of amides is 1. The fourth-order valence-corrected chi connectivity index (χ4v) is 4.59. The van der Waals surface area contributed by atoms with Crippen LogP contribution in [0.2, 0.25) is 0 Å². The van der Waals surface area contributed by atoms with Gasteiger partial charge in [-0.2, -0.15) is 0 Å². The third-order valence-electron chi connectivity index (χ3n) is 5.66. The van der Waals surface area contributed by atoms with E-state index in [1.54, 1.807) is 0 Å². The minimum Gasteiger partial charge on any atom is -0.368 e. The first-order valence-corrected chi connectivity index (χ1v) is 9.30. The zero-order valence-corrected chi connectivity index (χ0v) is 14.8. The monoisotopic (exact) mass is 338 g/mol. The van der Waals surface area contributed by atoms with Crippen LogP contribution in [0.25, 0.3) is 0 Å². The van der Waals surface area contributed by atoms with E-state index in [1.807, 2.05) is 30.3 Å². The van der Waals surface area contributed by atoms with Crippen molar-refractivity contribution in [2.45, 2.75) is 51.1 Å². The number of aryl methyl sites for hydroxylation is 2. The quantitative estimate of drug-likeness (QED) is 0.932. The van der Waals surface area contributed by atoms with Crippen LogP contribution in [0.4, 0.5) is 0 Å². The Morgan fingerprint density at radius 1 is 1.24 bits per heavy atom. The van der Waals surface area contributed by atoms with Crippen LogP contribution in [-0.2, 0) is 17.6 Å². The molecule has 0 unspecified atom stereocenters. The van der Waals surface area contributed by atoms with Crippen LogP contribution in [0.5, 0.6) is 0 Å². The molecule has 0 saturated carbocycles. The van der Waals surface area contributed by atoms with E-state index < -0.39 is 0 Å². The lowest BCUT2D eigenvalue weighted by molar-refractivity contribution is -0.123. The SMILES string of the molecule is Cc1nc2c(n1[C@H]1CCN([C@@H](C(N)=O)c3ccccc3)C1)CCCC2. The second-order valence-corrected chi connectivity index (χ2v) is 7.28. The topological polar surface area (TPSA) is 64.2 Å². The molecular formula is C20H26N4O. The van der Waals surface area contributed by atoms with Gasteiger partial charge in [0.15, 0.2) is 0 Å². The molecule has 0 bridgehead atoms. The van der Waals surface area contributed by atoms with E-state index in [0.717, 1.165) is 43.7 Å². The zero-order chi connectivity index (χ0) is 17.4. The van der Waals surface area contributed by atoms with E-state index in [-0.39, 0.29) is 11.9 Å². The van der Waals surface area contributed by atoms with E-state index >= 15 is 0 Å². The summed E-state index contributed by atoms with van der Waals surface area (Å²) in [6.07, 6.45) is 5.78. The molecule has 1 aromatic carbocycles. The second kappa shape index (κ2) is 6.64. The van der Waals surface area contributed by atoms with E-state index in [2.05, 4.69) is 16.4 Å². The highest BCUT2D eigenvalue weighted by molar-refractivity contribution is 5.81. The van der Waals surface area contributed by atoms with Crippen molar-refractivity contribution in [2.75, 3.05) is 13.1 Å². The summed E-state index contributed by atoms with van der Waals surface area (Å²) in [4.78, 5) is 19.2. The molecule has 2 aliphatic rings. The molecule has 1 aromatic heterocycles. The summed E-state index contributed by atoms with van der Waals surface area (Å²) < 4.78 is 2.44. The number of hydrogen-bond donors (Lipinski definition) is 1. The van der Waals surface area contributed by atoms with Crippen molar-refractivity contribution >= 4 is 5.91 Å². The van der Waals surface area contributed by atoms with Crippen LogP contribution in [0.15, 0.2) is 30.3 Å². The molecule has 2 aromatic rings. The van der Waals surface area contributed by atoms with Gasteiger partial charge in [0, 0.05) is 24.8 Å². The minimum absolute atomic E-state index is 0.267. The van der Waals surface area contributed by atoms with Crippen LogP contribution in [0, 0.1) is 6.92 Å². The lowest BCUT2D eigenvalue weighted by Gasteiger charge is -2.26. The number of benzene rings is 1. The Morgan fingerprint density at radius 3 is 2.76 bits per heavy atom. The summed E-state index contributed by atoms with van der Waals surface area (Å²) in [5.74, 6) is 0.852.